The summed E-state index contributed by atoms with van der Waals surface area (Å²) in [6.45, 7) is 8.26. The molecule has 1 amide bonds. The van der Waals surface area contributed by atoms with Gasteiger partial charge in [-0.1, -0.05) is 20.8 Å². The van der Waals surface area contributed by atoms with Crippen molar-refractivity contribution >= 4 is 22.5 Å². The number of amides is 1. The molecule has 5 nitrogen and oxygen atoms in total. The van der Waals surface area contributed by atoms with E-state index in [9.17, 15) is 4.79 Å². The molecule has 120 valence electrons. The van der Waals surface area contributed by atoms with Crippen LogP contribution in [0.4, 0.5) is 5.69 Å². The highest BCUT2D eigenvalue weighted by Crippen LogP contribution is 2.23. The maximum Gasteiger partial charge on any atom is 0.273 e. The molecule has 0 bridgehead atoms. The molecule has 5 heteroatoms. The van der Waals surface area contributed by atoms with Crippen LogP contribution in [0, 0.1) is 6.92 Å². The van der Waals surface area contributed by atoms with E-state index in [1.54, 1.807) is 11.7 Å². The molecule has 0 saturated carbocycles. The Bertz CT molecular complexity index is 880. The number of carbonyl (C=O) groups is 1. The number of aromatic nitrogens is 3. The van der Waals surface area contributed by atoms with Gasteiger partial charge in [0.2, 0.25) is 0 Å². The number of anilines is 1. The summed E-state index contributed by atoms with van der Waals surface area (Å²) in [5.74, 6) is -0.151. The van der Waals surface area contributed by atoms with E-state index in [0.717, 1.165) is 28.0 Å². The van der Waals surface area contributed by atoms with Crippen molar-refractivity contribution in [2.24, 2.45) is 7.05 Å². The molecule has 0 radical (unpaired) electrons. The molecular weight excluding hydrogens is 288 g/mol. The fraction of sp³-hybridized carbons (Fsp3) is 0.333. The van der Waals surface area contributed by atoms with Gasteiger partial charge in [-0.2, -0.15) is 5.10 Å². The molecule has 2 aromatic heterocycles. The first kappa shape index (κ1) is 15.3. The lowest BCUT2D eigenvalue weighted by Crippen LogP contribution is -2.15. The van der Waals surface area contributed by atoms with E-state index in [4.69, 9.17) is 0 Å². The number of fused-ring (bicyclic) bond motifs is 1. The molecule has 2 heterocycles. The Kier molecular flexibility index (Phi) is 3.51. The number of rotatable bonds is 2. The minimum atomic E-state index is -0.151. The molecule has 0 spiro atoms. The van der Waals surface area contributed by atoms with E-state index < -0.39 is 0 Å². The molecule has 1 aromatic carbocycles. The molecular formula is C18H22N4O. The van der Waals surface area contributed by atoms with Crippen LogP contribution in [0.2, 0.25) is 0 Å². The first-order chi connectivity index (χ1) is 10.7. The van der Waals surface area contributed by atoms with Crippen molar-refractivity contribution in [2.75, 3.05) is 5.32 Å². The SMILES string of the molecule is Cc1cc2cc(NC(=O)c3cc(C(C)(C)C)nn3C)ccc2[nH]1. The van der Waals surface area contributed by atoms with Crippen molar-refractivity contribution in [1.82, 2.24) is 14.8 Å². The fourth-order valence-electron chi connectivity index (χ4n) is 2.60. The largest absolute Gasteiger partial charge is 0.359 e. The second kappa shape index (κ2) is 5.26. The van der Waals surface area contributed by atoms with E-state index in [1.807, 2.05) is 31.2 Å². The molecule has 23 heavy (non-hydrogen) atoms. The minimum Gasteiger partial charge on any atom is -0.359 e. The highest BCUT2D eigenvalue weighted by atomic mass is 16.2. The van der Waals surface area contributed by atoms with Crippen LogP contribution in [-0.4, -0.2) is 20.7 Å². The maximum absolute atomic E-state index is 12.5. The standard InChI is InChI=1S/C18H22N4O/c1-11-8-12-9-13(6-7-14(12)19-11)20-17(23)15-10-16(18(2,3)4)21-22(15)5/h6-10,19H,1-5H3,(H,20,23). The third-order valence-electron chi connectivity index (χ3n) is 3.89. The zero-order valence-corrected chi connectivity index (χ0v) is 14.2. The Balaban J connectivity index is 1.87. The third kappa shape index (κ3) is 2.99. The average molecular weight is 310 g/mol. The summed E-state index contributed by atoms with van der Waals surface area (Å²) >= 11 is 0. The zero-order chi connectivity index (χ0) is 16.8. The van der Waals surface area contributed by atoms with Gasteiger partial charge in [0.15, 0.2) is 0 Å². The van der Waals surface area contributed by atoms with E-state index in [-0.39, 0.29) is 11.3 Å². The van der Waals surface area contributed by atoms with Crippen LogP contribution in [0.3, 0.4) is 0 Å². The normalized spacial score (nSPS) is 11.9. The quantitative estimate of drug-likeness (QED) is 0.757. The summed E-state index contributed by atoms with van der Waals surface area (Å²) < 4.78 is 1.63. The molecule has 2 N–H and O–H groups in total. The van der Waals surface area contributed by atoms with Gasteiger partial charge in [0.05, 0.1) is 5.69 Å². The molecule has 0 saturated heterocycles. The highest BCUT2D eigenvalue weighted by molar-refractivity contribution is 6.04. The maximum atomic E-state index is 12.5. The summed E-state index contributed by atoms with van der Waals surface area (Å²) in [6.07, 6.45) is 0. The van der Waals surface area contributed by atoms with Gasteiger partial charge in [-0.3, -0.25) is 9.48 Å². The molecule has 0 fully saturated rings. The van der Waals surface area contributed by atoms with Gasteiger partial charge in [0.1, 0.15) is 5.69 Å². The van der Waals surface area contributed by atoms with Crippen LogP contribution in [0.25, 0.3) is 10.9 Å². The molecule has 3 rings (SSSR count). The van der Waals surface area contributed by atoms with Crippen LogP contribution in [-0.2, 0) is 12.5 Å². The number of aryl methyl sites for hydroxylation is 2. The predicted molar refractivity (Wildman–Crippen MR) is 92.9 cm³/mol. The van der Waals surface area contributed by atoms with Crippen molar-refractivity contribution < 1.29 is 4.79 Å². The first-order valence-corrected chi connectivity index (χ1v) is 7.69. The summed E-state index contributed by atoms with van der Waals surface area (Å²) in [7, 11) is 1.79. The van der Waals surface area contributed by atoms with Gasteiger partial charge in [-0.15, -0.1) is 0 Å². The number of H-pyrrole nitrogens is 1. The lowest BCUT2D eigenvalue weighted by Gasteiger charge is -2.13. The number of benzene rings is 1. The van der Waals surface area contributed by atoms with Crippen LogP contribution in [0.5, 0.6) is 0 Å². The van der Waals surface area contributed by atoms with E-state index in [2.05, 4.69) is 42.2 Å². The van der Waals surface area contributed by atoms with Gasteiger partial charge in [0, 0.05) is 34.7 Å². The number of carbonyl (C=O) groups excluding carboxylic acids is 1. The predicted octanol–water partition coefficient (Wildman–Crippen LogP) is 3.76. The fourth-order valence-corrected chi connectivity index (χ4v) is 2.60. The summed E-state index contributed by atoms with van der Waals surface area (Å²) in [5.41, 5.74) is 4.32. The lowest BCUT2D eigenvalue weighted by atomic mass is 9.92. The van der Waals surface area contributed by atoms with Crippen molar-refractivity contribution in [3.8, 4) is 0 Å². The van der Waals surface area contributed by atoms with Crippen molar-refractivity contribution in [3.05, 3.63) is 47.4 Å². The van der Waals surface area contributed by atoms with Crippen molar-refractivity contribution in [2.45, 2.75) is 33.1 Å². The lowest BCUT2D eigenvalue weighted by molar-refractivity contribution is 0.101. The van der Waals surface area contributed by atoms with E-state index in [1.165, 1.54) is 0 Å². The molecule has 0 unspecified atom stereocenters. The Morgan fingerprint density at radius 3 is 2.61 bits per heavy atom. The van der Waals surface area contributed by atoms with Crippen LogP contribution in [0.15, 0.2) is 30.3 Å². The number of hydrogen-bond acceptors (Lipinski definition) is 2. The number of nitrogens with one attached hydrogen (secondary N) is 2. The van der Waals surface area contributed by atoms with E-state index >= 15 is 0 Å². The Labute approximate surface area is 135 Å². The second-order valence-electron chi connectivity index (χ2n) is 7.00. The monoisotopic (exact) mass is 310 g/mol. The summed E-state index contributed by atoms with van der Waals surface area (Å²) in [5, 5.41) is 8.48. The third-order valence-corrected chi connectivity index (χ3v) is 3.89. The van der Waals surface area contributed by atoms with Gasteiger partial charge < -0.3 is 10.3 Å². The highest BCUT2D eigenvalue weighted by Gasteiger charge is 2.21. The number of hydrogen-bond donors (Lipinski definition) is 2. The zero-order valence-electron chi connectivity index (χ0n) is 14.2. The van der Waals surface area contributed by atoms with Gasteiger partial charge >= 0.3 is 0 Å². The summed E-state index contributed by atoms with van der Waals surface area (Å²) in [4.78, 5) is 15.8. The Hall–Kier alpha value is -2.56. The summed E-state index contributed by atoms with van der Waals surface area (Å²) in [6, 6.07) is 9.76. The van der Waals surface area contributed by atoms with E-state index in [0.29, 0.717) is 5.69 Å². The first-order valence-electron chi connectivity index (χ1n) is 7.69. The van der Waals surface area contributed by atoms with Crippen molar-refractivity contribution in [3.63, 3.8) is 0 Å². The number of nitrogens with zero attached hydrogens (tertiary/aromatic N) is 2. The molecule has 0 aliphatic rings. The molecule has 3 aromatic rings. The Morgan fingerprint density at radius 2 is 1.96 bits per heavy atom. The van der Waals surface area contributed by atoms with Crippen molar-refractivity contribution in [1.29, 1.82) is 0 Å². The average Bonchev–Trinajstić information content (AvgIpc) is 2.99. The molecule has 0 aliphatic heterocycles. The Morgan fingerprint density at radius 1 is 1.22 bits per heavy atom. The smallest absolute Gasteiger partial charge is 0.273 e. The molecule has 0 atom stereocenters. The van der Waals surface area contributed by atoms with Crippen LogP contribution < -0.4 is 5.32 Å². The second-order valence-corrected chi connectivity index (χ2v) is 7.00. The van der Waals surface area contributed by atoms with Gasteiger partial charge in [0.25, 0.3) is 5.91 Å². The van der Waals surface area contributed by atoms with Gasteiger partial charge in [-0.05, 0) is 37.3 Å². The topological polar surface area (TPSA) is 62.7 Å². The van der Waals surface area contributed by atoms with Crippen LogP contribution >= 0.6 is 0 Å². The number of aromatic amines is 1. The minimum absolute atomic E-state index is 0.0855. The molecule has 0 aliphatic carbocycles. The van der Waals surface area contributed by atoms with Gasteiger partial charge in [-0.25, -0.2) is 0 Å². The van der Waals surface area contributed by atoms with Crippen LogP contribution in [0.1, 0.15) is 42.6 Å².